The number of methoxy groups -OCH3 is 1. The van der Waals surface area contributed by atoms with Crippen LogP contribution in [0.15, 0.2) is 53.4 Å². The minimum absolute atomic E-state index is 0.0423. The Morgan fingerprint density at radius 1 is 1.00 bits per heavy atom. The van der Waals surface area contributed by atoms with Crippen molar-refractivity contribution in [1.82, 2.24) is 4.31 Å². The molecule has 1 heterocycles. The Labute approximate surface area is 180 Å². The Kier molecular flexibility index (Phi) is 5.81. The monoisotopic (exact) mass is 446 g/mol. The summed E-state index contributed by atoms with van der Waals surface area (Å²) < 4.78 is 46.8. The third kappa shape index (κ3) is 3.95. The standard InChI is InChI=1S/C22H23FN2O5S/c1-30-18-10-12-19(13-11-18)31(28,29)25(17-4-2-3-5-17)20-14-21(26)24(22(20)27)16-8-6-15(23)7-9-16/h6-13,17,20H,2-5,14H2,1H3. The number of ether oxygens (including phenoxy) is 1. The molecule has 1 unspecified atom stereocenters. The number of anilines is 1. The molecule has 2 aromatic rings. The van der Waals surface area contributed by atoms with E-state index in [4.69, 9.17) is 4.74 Å². The van der Waals surface area contributed by atoms with Crippen molar-refractivity contribution in [1.29, 1.82) is 0 Å². The fourth-order valence-electron chi connectivity index (χ4n) is 4.32. The van der Waals surface area contributed by atoms with E-state index in [9.17, 15) is 22.4 Å². The van der Waals surface area contributed by atoms with E-state index < -0.39 is 33.7 Å². The molecule has 4 rings (SSSR count). The van der Waals surface area contributed by atoms with Gasteiger partial charge in [0.15, 0.2) is 0 Å². The van der Waals surface area contributed by atoms with Crippen LogP contribution in [0.25, 0.3) is 0 Å². The van der Waals surface area contributed by atoms with Gasteiger partial charge in [-0.05, 0) is 61.4 Å². The SMILES string of the molecule is COc1ccc(S(=O)(=O)N(C2CCCC2)C2CC(=O)N(c3ccc(F)cc3)C2=O)cc1. The van der Waals surface area contributed by atoms with Gasteiger partial charge < -0.3 is 4.74 Å². The van der Waals surface area contributed by atoms with Gasteiger partial charge in [0, 0.05) is 6.04 Å². The first-order valence-corrected chi connectivity index (χ1v) is 11.6. The lowest BCUT2D eigenvalue weighted by atomic mass is 10.2. The predicted molar refractivity (Wildman–Crippen MR) is 112 cm³/mol. The van der Waals surface area contributed by atoms with E-state index in [-0.39, 0.29) is 23.0 Å². The Morgan fingerprint density at radius 3 is 2.19 bits per heavy atom. The van der Waals surface area contributed by atoms with Crippen LogP contribution in [0.2, 0.25) is 0 Å². The van der Waals surface area contributed by atoms with Crippen molar-refractivity contribution in [2.45, 2.75) is 49.1 Å². The first kappa shape index (κ1) is 21.5. The lowest BCUT2D eigenvalue weighted by Crippen LogP contribution is -2.49. The molecular weight excluding hydrogens is 423 g/mol. The molecule has 1 saturated heterocycles. The Bertz CT molecular complexity index is 1080. The van der Waals surface area contributed by atoms with Gasteiger partial charge in [-0.2, -0.15) is 4.31 Å². The molecule has 0 bridgehead atoms. The Morgan fingerprint density at radius 2 is 1.61 bits per heavy atom. The van der Waals surface area contributed by atoms with Crippen molar-refractivity contribution >= 4 is 27.5 Å². The fraction of sp³-hybridized carbons (Fsp3) is 0.364. The van der Waals surface area contributed by atoms with Crippen LogP contribution in [-0.4, -0.2) is 43.7 Å². The maximum atomic E-state index is 13.6. The minimum Gasteiger partial charge on any atom is -0.497 e. The average Bonchev–Trinajstić information content (AvgIpc) is 3.38. The van der Waals surface area contributed by atoms with Crippen LogP contribution >= 0.6 is 0 Å². The predicted octanol–water partition coefficient (Wildman–Crippen LogP) is 3.10. The summed E-state index contributed by atoms with van der Waals surface area (Å²) in [6.07, 6.45) is 2.72. The smallest absolute Gasteiger partial charge is 0.252 e. The number of carbonyl (C=O) groups excluding carboxylic acids is 2. The number of imide groups is 1. The molecule has 31 heavy (non-hydrogen) atoms. The van der Waals surface area contributed by atoms with Crippen LogP contribution in [0.4, 0.5) is 10.1 Å². The summed E-state index contributed by atoms with van der Waals surface area (Å²) in [5, 5.41) is 0. The largest absolute Gasteiger partial charge is 0.497 e. The molecule has 2 aliphatic rings. The molecule has 2 fully saturated rings. The van der Waals surface area contributed by atoms with Gasteiger partial charge in [-0.1, -0.05) is 12.8 Å². The average molecular weight is 447 g/mol. The van der Waals surface area contributed by atoms with E-state index in [1.165, 1.54) is 35.7 Å². The van der Waals surface area contributed by atoms with Crippen molar-refractivity contribution in [3.63, 3.8) is 0 Å². The summed E-state index contributed by atoms with van der Waals surface area (Å²) in [6.45, 7) is 0. The fourth-order valence-corrected chi connectivity index (χ4v) is 6.15. The number of benzene rings is 2. The van der Waals surface area contributed by atoms with Gasteiger partial charge in [0.1, 0.15) is 17.6 Å². The number of hydrogen-bond donors (Lipinski definition) is 0. The van der Waals surface area contributed by atoms with E-state index in [1.54, 1.807) is 12.1 Å². The van der Waals surface area contributed by atoms with E-state index in [0.717, 1.165) is 29.9 Å². The first-order chi connectivity index (χ1) is 14.8. The molecule has 0 N–H and O–H groups in total. The molecular formula is C22H23FN2O5S. The van der Waals surface area contributed by atoms with Crippen molar-refractivity contribution in [2.75, 3.05) is 12.0 Å². The Balaban J connectivity index is 1.72. The first-order valence-electron chi connectivity index (χ1n) is 10.1. The molecule has 1 atom stereocenters. The van der Waals surface area contributed by atoms with Gasteiger partial charge in [0.05, 0.1) is 24.1 Å². The molecule has 1 saturated carbocycles. The molecule has 2 amide bonds. The van der Waals surface area contributed by atoms with E-state index in [0.29, 0.717) is 18.6 Å². The zero-order valence-electron chi connectivity index (χ0n) is 17.0. The minimum atomic E-state index is -4.04. The van der Waals surface area contributed by atoms with Gasteiger partial charge >= 0.3 is 0 Å². The Hall–Kier alpha value is -2.78. The molecule has 7 nitrogen and oxygen atoms in total. The molecule has 9 heteroatoms. The van der Waals surface area contributed by atoms with Gasteiger partial charge in [0.25, 0.3) is 5.91 Å². The summed E-state index contributed by atoms with van der Waals surface area (Å²) >= 11 is 0. The van der Waals surface area contributed by atoms with Crippen LogP contribution in [0.3, 0.4) is 0 Å². The van der Waals surface area contributed by atoms with Gasteiger partial charge in [-0.25, -0.2) is 17.7 Å². The highest BCUT2D eigenvalue weighted by Crippen LogP contribution is 2.36. The third-order valence-electron chi connectivity index (χ3n) is 5.83. The zero-order chi connectivity index (χ0) is 22.2. The highest BCUT2D eigenvalue weighted by Gasteiger charge is 2.49. The highest BCUT2D eigenvalue weighted by atomic mass is 32.2. The lowest BCUT2D eigenvalue weighted by molar-refractivity contribution is -0.122. The zero-order valence-corrected chi connectivity index (χ0v) is 17.8. The number of amides is 2. The maximum Gasteiger partial charge on any atom is 0.252 e. The number of sulfonamides is 1. The number of nitrogens with zero attached hydrogens (tertiary/aromatic N) is 2. The molecule has 1 aliphatic heterocycles. The highest BCUT2D eigenvalue weighted by molar-refractivity contribution is 7.89. The number of hydrogen-bond acceptors (Lipinski definition) is 5. The molecule has 0 radical (unpaired) electrons. The summed E-state index contributed by atoms with van der Waals surface area (Å²) in [6, 6.07) is 9.48. The van der Waals surface area contributed by atoms with Crippen molar-refractivity contribution in [3.8, 4) is 5.75 Å². The van der Waals surface area contributed by atoms with Crippen LogP contribution < -0.4 is 9.64 Å². The topological polar surface area (TPSA) is 84.0 Å². The van der Waals surface area contributed by atoms with Gasteiger partial charge in [-0.3, -0.25) is 9.59 Å². The van der Waals surface area contributed by atoms with E-state index >= 15 is 0 Å². The number of halogens is 1. The van der Waals surface area contributed by atoms with E-state index in [1.807, 2.05) is 0 Å². The summed E-state index contributed by atoms with van der Waals surface area (Å²) in [7, 11) is -2.56. The summed E-state index contributed by atoms with van der Waals surface area (Å²) in [4.78, 5) is 27.0. The maximum absolute atomic E-state index is 13.6. The van der Waals surface area contributed by atoms with Crippen LogP contribution in [0.5, 0.6) is 5.75 Å². The molecule has 164 valence electrons. The van der Waals surface area contributed by atoms with Crippen molar-refractivity contribution in [2.24, 2.45) is 0 Å². The second kappa shape index (κ2) is 8.39. The second-order valence-corrected chi connectivity index (χ2v) is 9.56. The normalized spacial score (nSPS) is 20.1. The molecule has 0 spiro atoms. The van der Waals surface area contributed by atoms with Gasteiger partial charge in [-0.15, -0.1) is 0 Å². The second-order valence-electron chi connectivity index (χ2n) is 7.71. The van der Waals surface area contributed by atoms with Gasteiger partial charge in [0.2, 0.25) is 15.9 Å². The van der Waals surface area contributed by atoms with E-state index in [2.05, 4.69) is 0 Å². The molecule has 2 aromatic carbocycles. The number of carbonyl (C=O) groups is 2. The molecule has 0 aromatic heterocycles. The summed E-state index contributed by atoms with van der Waals surface area (Å²) in [5.41, 5.74) is 0.229. The summed E-state index contributed by atoms with van der Waals surface area (Å²) in [5.74, 6) is -1.09. The third-order valence-corrected chi connectivity index (χ3v) is 7.81. The van der Waals surface area contributed by atoms with Crippen LogP contribution in [-0.2, 0) is 19.6 Å². The van der Waals surface area contributed by atoms with Crippen molar-refractivity contribution < 1.29 is 27.1 Å². The van der Waals surface area contributed by atoms with Crippen LogP contribution in [0, 0.1) is 5.82 Å². The molecule has 1 aliphatic carbocycles. The van der Waals surface area contributed by atoms with Crippen molar-refractivity contribution in [3.05, 3.63) is 54.3 Å². The number of rotatable bonds is 6. The quantitative estimate of drug-likeness (QED) is 0.637. The van der Waals surface area contributed by atoms with Crippen LogP contribution in [0.1, 0.15) is 32.1 Å². The lowest BCUT2D eigenvalue weighted by Gasteiger charge is -2.32.